The van der Waals surface area contributed by atoms with E-state index in [-0.39, 0.29) is 5.65 Å². The van der Waals surface area contributed by atoms with E-state index in [1.54, 1.807) is 38.2 Å². The standard InChI is InChI=1S/C22H18F4N6O/c1-12-13(2)20(30-32-19(12)28-29-21(32)22(24,25)26)31-7-6-18-14(11-31)8-17(10-27-18)33-16-5-3-4-15(23)9-16/h3-5,8-10H,6-7,11H2,1-2H3. The molecule has 0 bridgehead atoms. The molecule has 0 aliphatic carbocycles. The van der Waals surface area contributed by atoms with Gasteiger partial charge in [0.2, 0.25) is 0 Å². The lowest BCUT2D eigenvalue weighted by Gasteiger charge is -2.30. The fourth-order valence-electron chi connectivity index (χ4n) is 3.90. The molecule has 4 aromatic rings. The monoisotopic (exact) mass is 458 g/mol. The first-order valence-corrected chi connectivity index (χ1v) is 10.2. The number of aryl methyl sites for hydroxylation is 1. The van der Waals surface area contributed by atoms with Gasteiger partial charge in [-0.1, -0.05) is 6.07 Å². The number of hydrogen-bond donors (Lipinski definition) is 0. The summed E-state index contributed by atoms with van der Waals surface area (Å²) < 4.78 is 60.1. The fraction of sp³-hybridized carbons (Fsp3) is 0.273. The smallest absolute Gasteiger partial charge is 0.453 e. The summed E-state index contributed by atoms with van der Waals surface area (Å²) in [5, 5.41) is 11.2. The van der Waals surface area contributed by atoms with Crippen LogP contribution in [-0.2, 0) is 19.1 Å². The van der Waals surface area contributed by atoms with Crippen molar-refractivity contribution in [3.8, 4) is 11.5 Å². The van der Waals surface area contributed by atoms with Gasteiger partial charge in [-0.3, -0.25) is 4.98 Å². The van der Waals surface area contributed by atoms with Crippen molar-refractivity contribution < 1.29 is 22.3 Å². The van der Waals surface area contributed by atoms with Gasteiger partial charge in [-0.15, -0.1) is 15.3 Å². The van der Waals surface area contributed by atoms with E-state index in [9.17, 15) is 17.6 Å². The SMILES string of the molecule is Cc1c(N2CCc3ncc(Oc4cccc(F)c4)cc3C2)nn2c(C(F)(F)F)nnc2c1C. The van der Waals surface area contributed by atoms with Crippen molar-refractivity contribution in [3.63, 3.8) is 0 Å². The normalized spacial score (nSPS) is 13.9. The molecule has 4 heterocycles. The Morgan fingerprint density at radius 1 is 1.03 bits per heavy atom. The van der Waals surface area contributed by atoms with Crippen LogP contribution in [0.15, 0.2) is 36.5 Å². The topological polar surface area (TPSA) is 68.4 Å². The summed E-state index contributed by atoms with van der Waals surface area (Å²) in [6.45, 7) is 4.42. The zero-order valence-corrected chi connectivity index (χ0v) is 17.7. The average Bonchev–Trinajstić information content (AvgIpc) is 3.20. The number of fused-ring (bicyclic) bond motifs is 2. The van der Waals surface area contributed by atoms with Crippen molar-refractivity contribution in [3.05, 3.63) is 70.6 Å². The largest absolute Gasteiger partial charge is 0.456 e. The van der Waals surface area contributed by atoms with Crippen LogP contribution in [0.4, 0.5) is 23.4 Å². The highest BCUT2D eigenvalue weighted by atomic mass is 19.4. The maximum atomic E-state index is 13.5. The third-order valence-electron chi connectivity index (χ3n) is 5.67. The molecule has 5 rings (SSSR count). The lowest BCUT2D eigenvalue weighted by atomic mass is 10.0. The third-order valence-corrected chi connectivity index (χ3v) is 5.67. The molecule has 0 spiro atoms. The van der Waals surface area contributed by atoms with Crippen molar-refractivity contribution in [2.45, 2.75) is 33.0 Å². The number of halogens is 4. The quantitative estimate of drug-likeness (QED) is 0.417. The van der Waals surface area contributed by atoms with Crippen LogP contribution in [0.5, 0.6) is 11.5 Å². The van der Waals surface area contributed by atoms with Gasteiger partial charge in [-0.25, -0.2) is 4.39 Å². The molecule has 1 aliphatic rings. The van der Waals surface area contributed by atoms with E-state index in [1.807, 2.05) is 4.90 Å². The van der Waals surface area contributed by atoms with E-state index in [0.29, 0.717) is 42.4 Å². The minimum Gasteiger partial charge on any atom is -0.456 e. The number of alkyl halides is 3. The number of aromatic nitrogens is 5. The van der Waals surface area contributed by atoms with E-state index in [0.717, 1.165) is 21.3 Å². The molecule has 1 aromatic carbocycles. The summed E-state index contributed by atoms with van der Waals surface area (Å²) in [6.07, 6.45) is -2.51. The second kappa shape index (κ2) is 7.68. The van der Waals surface area contributed by atoms with Crippen LogP contribution < -0.4 is 9.64 Å². The van der Waals surface area contributed by atoms with Gasteiger partial charge < -0.3 is 9.64 Å². The highest BCUT2D eigenvalue weighted by molar-refractivity contribution is 5.60. The molecule has 11 heteroatoms. The molecule has 0 fully saturated rings. The van der Waals surface area contributed by atoms with Gasteiger partial charge in [-0.2, -0.15) is 17.7 Å². The van der Waals surface area contributed by atoms with Crippen molar-refractivity contribution in [2.75, 3.05) is 11.4 Å². The van der Waals surface area contributed by atoms with Crippen LogP contribution in [0.2, 0.25) is 0 Å². The summed E-state index contributed by atoms with van der Waals surface area (Å²) in [5.74, 6) is -0.366. The Kier molecular flexibility index (Phi) is 4.91. The molecular weight excluding hydrogens is 440 g/mol. The number of nitrogens with zero attached hydrogens (tertiary/aromatic N) is 6. The van der Waals surface area contributed by atoms with Gasteiger partial charge >= 0.3 is 6.18 Å². The second-order valence-electron chi connectivity index (χ2n) is 7.84. The van der Waals surface area contributed by atoms with Crippen LogP contribution in [0, 0.1) is 19.7 Å². The Morgan fingerprint density at radius 2 is 1.85 bits per heavy atom. The summed E-state index contributed by atoms with van der Waals surface area (Å²) in [5.41, 5.74) is 3.11. The Labute approximate surface area is 185 Å². The Hall–Kier alpha value is -3.76. The van der Waals surface area contributed by atoms with E-state index >= 15 is 0 Å². The van der Waals surface area contributed by atoms with Gasteiger partial charge in [0.25, 0.3) is 5.82 Å². The molecule has 0 radical (unpaired) electrons. The number of ether oxygens (including phenoxy) is 1. The van der Waals surface area contributed by atoms with Crippen molar-refractivity contribution in [2.24, 2.45) is 0 Å². The van der Waals surface area contributed by atoms with Crippen LogP contribution in [0.25, 0.3) is 5.65 Å². The van der Waals surface area contributed by atoms with Crippen LogP contribution in [0.3, 0.4) is 0 Å². The van der Waals surface area contributed by atoms with E-state index < -0.39 is 17.8 Å². The summed E-state index contributed by atoms with van der Waals surface area (Å²) in [7, 11) is 0. The van der Waals surface area contributed by atoms with E-state index in [4.69, 9.17) is 4.74 Å². The van der Waals surface area contributed by atoms with Crippen LogP contribution >= 0.6 is 0 Å². The van der Waals surface area contributed by atoms with E-state index in [2.05, 4.69) is 20.3 Å². The molecule has 170 valence electrons. The summed E-state index contributed by atoms with van der Waals surface area (Å²) in [6, 6.07) is 7.58. The summed E-state index contributed by atoms with van der Waals surface area (Å²) >= 11 is 0. The minimum absolute atomic E-state index is 0.0773. The molecule has 0 unspecified atom stereocenters. The molecule has 0 saturated heterocycles. The lowest BCUT2D eigenvalue weighted by Crippen LogP contribution is -2.33. The molecule has 33 heavy (non-hydrogen) atoms. The Balaban J connectivity index is 1.49. The molecule has 7 nitrogen and oxygen atoms in total. The van der Waals surface area contributed by atoms with Gasteiger partial charge in [0.1, 0.15) is 17.3 Å². The molecule has 3 aromatic heterocycles. The second-order valence-corrected chi connectivity index (χ2v) is 7.84. The molecule has 0 saturated carbocycles. The molecule has 0 amide bonds. The minimum atomic E-state index is -4.67. The van der Waals surface area contributed by atoms with Gasteiger partial charge in [-0.05, 0) is 37.6 Å². The molecule has 0 N–H and O–H groups in total. The van der Waals surface area contributed by atoms with Gasteiger partial charge in [0.15, 0.2) is 11.5 Å². The maximum absolute atomic E-state index is 13.5. The molecule has 0 atom stereocenters. The maximum Gasteiger partial charge on any atom is 0.453 e. The highest BCUT2D eigenvalue weighted by Crippen LogP contribution is 2.33. The first-order valence-electron chi connectivity index (χ1n) is 10.2. The zero-order valence-electron chi connectivity index (χ0n) is 17.7. The van der Waals surface area contributed by atoms with Gasteiger partial charge in [0, 0.05) is 42.4 Å². The number of hydrogen-bond acceptors (Lipinski definition) is 6. The number of anilines is 1. The molecule has 1 aliphatic heterocycles. The van der Waals surface area contributed by atoms with Crippen molar-refractivity contribution in [1.29, 1.82) is 0 Å². The lowest BCUT2D eigenvalue weighted by molar-refractivity contribution is -0.146. The summed E-state index contributed by atoms with van der Waals surface area (Å²) in [4.78, 5) is 6.35. The van der Waals surface area contributed by atoms with Crippen LogP contribution in [-0.4, -0.2) is 31.3 Å². The zero-order chi connectivity index (χ0) is 23.3. The fourth-order valence-corrected chi connectivity index (χ4v) is 3.90. The average molecular weight is 458 g/mol. The number of rotatable bonds is 3. The predicted octanol–water partition coefficient (Wildman–Crippen LogP) is 4.65. The Bertz CT molecular complexity index is 1370. The Morgan fingerprint density at radius 3 is 2.61 bits per heavy atom. The highest BCUT2D eigenvalue weighted by Gasteiger charge is 2.38. The first-order chi connectivity index (χ1) is 15.7. The van der Waals surface area contributed by atoms with Crippen molar-refractivity contribution in [1.82, 2.24) is 24.8 Å². The van der Waals surface area contributed by atoms with E-state index in [1.165, 1.54) is 12.1 Å². The number of benzene rings is 1. The molecular formula is C22H18F4N6O. The van der Waals surface area contributed by atoms with Crippen molar-refractivity contribution >= 4 is 11.5 Å². The predicted molar refractivity (Wildman–Crippen MR) is 111 cm³/mol. The first kappa shape index (κ1) is 21.1. The number of pyridine rings is 1. The van der Waals surface area contributed by atoms with Crippen LogP contribution in [0.1, 0.15) is 28.2 Å². The third kappa shape index (κ3) is 3.83. The van der Waals surface area contributed by atoms with Gasteiger partial charge in [0.05, 0.1) is 6.20 Å².